The number of nitrogens with one attached hydrogen (secondary N) is 1. The van der Waals surface area contributed by atoms with E-state index in [4.69, 9.17) is 0 Å². The Morgan fingerprint density at radius 1 is 1.15 bits per heavy atom. The van der Waals surface area contributed by atoms with Crippen LogP contribution in [0.15, 0.2) is 30.5 Å². The second kappa shape index (κ2) is 4.88. The summed E-state index contributed by atoms with van der Waals surface area (Å²) in [6.07, 6.45) is 7.63. The molecular formula is C17H21FN2. The Morgan fingerprint density at radius 2 is 1.90 bits per heavy atom. The molecule has 2 aliphatic rings. The highest BCUT2D eigenvalue weighted by atomic mass is 19.1. The molecule has 1 heterocycles. The lowest BCUT2D eigenvalue weighted by Crippen LogP contribution is -2.35. The Balaban J connectivity index is 1.41. The van der Waals surface area contributed by atoms with Crippen molar-refractivity contribution in [3.8, 4) is 0 Å². The van der Waals surface area contributed by atoms with Crippen LogP contribution < -0.4 is 5.32 Å². The van der Waals surface area contributed by atoms with Crippen molar-refractivity contribution in [2.75, 3.05) is 6.54 Å². The van der Waals surface area contributed by atoms with Gasteiger partial charge in [-0.15, -0.1) is 0 Å². The highest BCUT2D eigenvalue weighted by Gasteiger charge is 2.40. The van der Waals surface area contributed by atoms with Crippen molar-refractivity contribution in [2.24, 2.45) is 11.8 Å². The Morgan fingerprint density at radius 3 is 2.60 bits per heavy atom. The summed E-state index contributed by atoms with van der Waals surface area (Å²) < 4.78 is 15.8. The molecule has 0 aliphatic heterocycles. The van der Waals surface area contributed by atoms with Gasteiger partial charge in [-0.05, 0) is 55.7 Å². The standard InChI is InChI=1S/C17H21FN2/c18-15-2-1-3-16-14(15)8-10-20(16)11-9-19-17(12-4-5-12)13-6-7-13/h1-3,8,10,12-13,17,19H,4-7,9,11H2. The van der Waals surface area contributed by atoms with Gasteiger partial charge in [0.1, 0.15) is 5.82 Å². The molecule has 0 spiro atoms. The lowest BCUT2D eigenvalue weighted by Gasteiger charge is -2.18. The maximum Gasteiger partial charge on any atom is 0.132 e. The van der Waals surface area contributed by atoms with Crippen molar-refractivity contribution < 1.29 is 4.39 Å². The first kappa shape index (κ1) is 12.4. The molecule has 1 N–H and O–H groups in total. The normalized spacial score (nSPS) is 19.1. The Kier molecular flexibility index (Phi) is 3.03. The van der Waals surface area contributed by atoms with Gasteiger partial charge in [-0.2, -0.15) is 0 Å². The quantitative estimate of drug-likeness (QED) is 0.851. The molecule has 0 unspecified atom stereocenters. The van der Waals surface area contributed by atoms with E-state index in [0.29, 0.717) is 0 Å². The molecule has 3 heteroatoms. The second-order valence-electron chi connectivity index (χ2n) is 6.34. The second-order valence-corrected chi connectivity index (χ2v) is 6.34. The van der Waals surface area contributed by atoms with Gasteiger partial charge >= 0.3 is 0 Å². The molecule has 2 saturated carbocycles. The minimum atomic E-state index is -0.122. The van der Waals surface area contributed by atoms with Gasteiger partial charge in [0, 0.05) is 30.7 Å². The van der Waals surface area contributed by atoms with Crippen molar-refractivity contribution in [3.05, 3.63) is 36.3 Å². The van der Waals surface area contributed by atoms with Crippen LogP contribution >= 0.6 is 0 Å². The molecule has 2 nitrogen and oxygen atoms in total. The van der Waals surface area contributed by atoms with Gasteiger partial charge in [0.25, 0.3) is 0 Å². The van der Waals surface area contributed by atoms with Gasteiger partial charge in [0.2, 0.25) is 0 Å². The molecule has 0 amide bonds. The van der Waals surface area contributed by atoms with E-state index in [2.05, 4.69) is 9.88 Å². The molecule has 0 radical (unpaired) electrons. The first-order valence-corrected chi connectivity index (χ1v) is 7.79. The lowest BCUT2D eigenvalue weighted by atomic mass is 10.1. The smallest absolute Gasteiger partial charge is 0.132 e. The molecule has 2 aromatic rings. The summed E-state index contributed by atoms with van der Waals surface area (Å²) >= 11 is 0. The highest BCUT2D eigenvalue weighted by Crippen LogP contribution is 2.44. The summed E-state index contributed by atoms with van der Waals surface area (Å²) in [4.78, 5) is 0. The Hall–Kier alpha value is -1.35. The van der Waals surface area contributed by atoms with Gasteiger partial charge in [-0.3, -0.25) is 0 Å². The average molecular weight is 272 g/mol. The lowest BCUT2D eigenvalue weighted by molar-refractivity contribution is 0.408. The number of hydrogen-bond donors (Lipinski definition) is 1. The van der Waals surface area contributed by atoms with Gasteiger partial charge in [0.05, 0.1) is 5.52 Å². The van der Waals surface area contributed by atoms with Crippen molar-refractivity contribution in [2.45, 2.75) is 38.3 Å². The number of halogens is 1. The third-order valence-electron chi connectivity index (χ3n) is 4.75. The average Bonchev–Trinajstić information content (AvgIpc) is 3.35. The highest BCUT2D eigenvalue weighted by molar-refractivity contribution is 5.80. The molecule has 0 atom stereocenters. The molecule has 0 saturated heterocycles. The van der Waals surface area contributed by atoms with E-state index in [0.717, 1.165) is 41.9 Å². The van der Waals surface area contributed by atoms with Crippen LogP contribution in [0.1, 0.15) is 25.7 Å². The molecule has 2 aliphatic carbocycles. The summed E-state index contributed by atoms with van der Waals surface area (Å²) in [5.74, 6) is 1.74. The van der Waals surface area contributed by atoms with Gasteiger partial charge < -0.3 is 9.88 Å². The summed E-state index contributed by atoms with van der Waals surface area (Å²) in [6.45, 7) is 1.90. The van der Waals surface area contributed by atoms with Crippen LogP contribution in [0.5, 0.6) is 0 Å². The zero-order chi connectivity index (χ0) is 13.5. The van der Waals surface area contributed by atoms with Gasteiger partial charge in [0.15, 0.2) is 0 Å². The molecule has 106 valence electrons. The van der Waals surface area contributed by atoms with Crippen LogP contribution in [0.2, 0.25) is 0 Å². The fourth-order valence-electron chi connectivity index (χ4n) is 3.36. The zero-order valence-electron chi connectivity index (χ0n) is 11.7. The zero-order valence-corrected chi connectivity index (χ0v) is 11.7. The third kappa shape index (κ3) is 2.35. The summed E-state index contributed by atoms with van der Waals surface area (Å²) in [7, 11) is 0. The van der Waals surface area contributed by atoms with Crippen LogP contribution in [-0.4, -0.2) is 17.2 Å². The largest absolute Gasteiger partial charge is 0.346 e. The van der Waals surface area contributed by atoms with E-state index in [1.54, 1.807) is 6.07 Å². The van der Waals surface area contributed by atoms with Crippen LogP contribution in [-0.2, 0) is 6.54 Å². The van der Waals surface area contributed by atoms with E-state index >= 15 is 0 Å². The monoisotopic (exact) mass is 272 g/mol. The van der Waals surface area contributed by atoms with Crippen LogP contribution in [0.4, 0.5) is 4.39 Å². The molecule has 20 heavy (non-hydrogen) atoms. The van der Waals surface area contributed by atoms with E-state index in [-0.39, 0.29) is 5.82 Å². The summed E-state index contributed by atoms with van der Waals surface area (Å²) in [5.41, 5.74) is 1.00. The third-order valence-corrected chi connectivity index (χ3v) is 4.75. The topological polar surface area (TPSA) is 17.0 Å². The predicted molar refractivity (Wildman–Crippen MR) is 79.1 cm³/mol. The summed E-state index contributed by atoms with van der Waals surface area (Å²) in [5, 5.41) is 4.48. The van der Waals surface area contributed by atoms with Crippen LogP contribution in [0, 0.1) is 17.7 Å². The van der Waals surface area contributed by atoms with Crippen molar-refractivity contribution in [1.29, 1.82) is 0 Å². The maximum absolute atomic E-state index is 13.6. The molecule has 4 rings (SSSR count). The minimum Gasteiger partial charge on any atom is -0.346 e. The van der Waals surface area contributed by atoms with Crippen LogP contribution in [0.3, 0.4) is 0 Å². The SMILES string of the molecule is Fc1cccc2c1ccn2CCNC(C1CC1)C1CC1. The van der Waals surface area contributed by atoms with E-state index in [1.807, 2.05) is 18.3 Å². The summed E-state index contributed by atoms with van der Waals surface area (Å²) in [6, 6.07) is 7.94. The fraction of sp³-hybridized carbons (Fsp3) is 0.529. The van der Waals surface area contributed by atoms with Gasteiger partial charge in [-0.25, -0.2) is 4.39 Å². The number of aromatic nitrogens is 1. The number of rotatable bonds is 6. The maximum atomic E-state index is 13.6. The van der Waals surface area contributed by atoms with E-state index < -0.39 is 0 Å². The van der Waals surface area contributed by atoms with Gasteiger partial charge in [-0.1, -0.05) is 6.07 Å². The Labute approximate surface area is 119 Å². The number of fused-ring (bicyclic) bond motifs is 1. The Bertz CT molecular complexity index is 598. The number of hydrogen-bond acceptors (Lipinski definition) is 1. The minimum absolute atomic E-state index is 0.122. The molecule has 1 aromatic heterocycles. The van der Waals surface area contributed by atoms with Crippen LogP contribution in [0.25, 0.3) is 10.9 Å². The first-order valence-electron chi connectivity index (χ1n) is 7.79. The predicted octanol–water partition coefficient (Wildman–Crippen LogP) is 3.56. The van der Waals surface area contributed by atoms with Crippen molar-refractivity contribution in [1.82, 2.24) is 9.88 Å². The molecule has 2 fully saturated rings. The number of nitrogens with zero attached hydrogens (tertiary/aromatic N) is 1. The van der Waals surface area contributed by atoms with E-state index in [9.17, 15) is 4.39 Å². The molecule has 0 bridgehead atoms. The van der Waals surface area contributed by atoms with Crippen molar-refractivity contribution in [3.63, 3.8) is 0 Å². The van der Waals surface area contributed by atoms with Crippen molar-refractivity contribution >= 4 is 10.9 Å². The van der Waals surface area contributed by atoms with E-state index in [1.165, 1.54) is 31.7 Å². The first-order chi connectivity index (χ1) is 9.83. The molecule has 1 aromatic carbocycles. The fourth-order valence-corrected chi connectivity index (χ4v) is 3.36. The number of benzene rings is 1. The molecular weight excluding hydrogens is 251 g/mol.